The monoisotopic (exact) mass is 534 g/mol. The van der Waals surface area contributed by atoms with Crippen LogP contribution in [0.5, 0.6) is 0 Å². The zero-order chi connectivity index (χ0) is 27.1. The molecule has 2 aromatic carbocycles. The summed E-state index contributed by atoms with van der Waals surface area (Å²) in [5.74, 6) is -0.717. The number of aliphatic hydroxyl groups excluding tert-OH is 1. The molecule has 1 saturated carbocycles. The molecule has 3 heterocycles. The third-order valence-electron chi connectivity index (χ3n) is 8.89. The van der Waals surface area contributed by atoms with Gasteiger partial charge >= 0.3 is 6.09 Å². The predicted molar refractivity (Wildman–Crippen MR) is 144 cm³/mol. The third-order valence-corrected chi connectivity index (χ3v) is 8.89. The number of amides is 2. The lowest BCUT2D eigenvalue weighted by atomic mass is 9.83. The summed E-state index contributed by atoms with van der Waals surface area (Å²) < 4.78 is 19.6. The van der Waals surface area contributed by atoms with Crippen molar-refractivity contribution in [1.29, 1.82) is 0 Å². The summed E-state index contributed by atoms with van der Waals surface area (Å²) in [6.07, 6.45) is 5.49. The fourth-order valence-electron chi connectivity index (χ4n) is 6.96. The molecule has 2 aliphatic heterocycles. The molecule has 5 atom stereocenters. The Morgan fingerprint density at radius 2 is 1.82 bits per heavy atom. The fraction of sp³-hybridized carbons (Fsp3) is 0.467. The highest BCUT2D eigenvalue weighted by atomic mass is 19.1. The van der Waals surface area contributed by atoms with Gasteiger partial charge < -0.3 is 25.5 Å². The van der Waals surface area contributed by atoms with Gasteiger partial charge in [-0.05, 0) is 48.1 Å². The van der Waals surface area contributed by atoms with Crippen molar-refractivity contribution in [1.82, 2.24) is 14.8 Å². The number of nitrogens with zero attached hydrogens (tertiary/aromatic N) is 2. The first-order valence-corrected chi connectivity index (χ1v) is 13.9. The number of nitrogens with one attached hydrogen (secondary N) is 1. The van der Waals surface area contributed by atoms with E-state index < -0.39 is 30.3 Å². The Morgan fingerprint density at radius 1 is 1.05 bits per heavy atom. The van der Waals surface area contributed by atoms with Crippen LogP contribution in [0.4, 0.5) is 9.18 Å². The molecule has 8 nitrogen and oxygen atoms in total. The van der Waals surface area contributed by atoms with Gasteiger partial charge in [-0.25, -0.2) is 9.18 Å². The number of carbonyl (C=O) groups is 2. The van der Waals surface area contributed by atoms with Crippen molar-refractivity contribution in [3.63, 3.8) is 0 Å². The largest absolute Gasteiger partial charge is 0.445 e. The average molecular weight is 535 g/mol. The smallest absolute Gasteiger partial charge is 0.410 e. The van der Waals surface area contributed by atoms with E-state index in [4.69, 9.17) is 10.5 Å². The molecule has 6 rings (SSSR count). The number of hydrogen-bond donors (Lipinski definition) is 3. The molecule has 4 N–H and O–H groups in total. The van der Waals surface area contributed by atoms with Crippen LogP contribution in [0.3, 0.4) is 0 Å². The number of halogens is 1. The Bertz CT molecular complexity index is 1340. The molecule has 206 valence electrons. The van der Waals surface area contributed by atoms with Gasteiger partial charge in [-0.2, -0.15) is 0 Å². The summed E-state index contributed by atoms with van der Waals surface area (Å²) in [4.78, 5) is 33.6. The summed E-state index contributed by atoms with van der Waals surface area (Å²) in [6.45, 7) is 0.465. The van der Waals surface area contributed by atoms with Gasteiger partial charge in [0, 0.05) is 36.1 Å². The van der Waals surface area contributed by atoms with Gasteiger partial charge in [-0.1, -0.05) is 49.6 Å². The first kappa shape index (κ1) is 25.8. The highest BCUT2D eigenvalue weighted by Gasteiger charge is 2.57. The Kier molecular flexibility index (Phi) is 7.03. The second-order valence-corrected chi connectivity index (χ2v) is 11.2. The van der Waals surface area contributed by atoms with Crippen LogP contribution >= 0.6 is 0 Å². The van der Waals surface area contributed by atoms with E-state index in [2.05, 4.69) is 4.98 Å². The number of aromatic amines is 1. The second-order valence-electron chi connectivity index (χ2n) is 11.2. The van der Waals surface area contributed by atoms with Crippen LogP contribution in [0.15, 0.2) is 54.7 Å². The Balaban J connectivity index is 1.31. The fourth-order valence-corrected chi connectivity index (χ4v) is 6.96. The van der Waals surface area contributed by atoms with E-state index in [0.717, 1.165) is 48.6 Å². The van der Waals surface area contributed by atoms with E-state index in [1.54, 1.807) is 15.9 Å². The van der Waals surface area contributed by atoms with E-state index in [0.29, 0.717) is 5.52 Å². The van der Waals surface area contributed by atoms with Crippen LogP contribution in [-0.2, 0) is 16.1 Å². The first-order chi connectivity index (χ1) is 18.9. The summed E-state index contributed by atoms with van der Waals surface area (Å²) >= 11 is 0. The minimum atomic E-state index is -0.936. The number of H-pyrrole nitrogens is 1. The molecule has 9 heteroatoms. The number of likely N-dealkylation sites (tertiary alicyclic amines) is 2. The predicted octanol–water partition coefficient (Wildman–Crippen LogP) is 3.89. The number of aromatic nitrogens is 1. The van der Waals surface area contributed by atoms with Crippen molar-refractivity contribution in [2.24, 2.45) is 11.7 Å². The molecule has 0 spiro atoms. The van der Waals surface area contributed by atoms with E-state index in [1.807, 2.05) is 36.5 Å². The standard InChI is InChI=1S/C30H35FN4O4/c31-20-11-12-21-22(14-33-24(21)13-20)23-15-35(30(38)39-17-18-7-3-1-4-8-18)28-25(36)16-34(27(23)28)29(37)26(32)19-9-5-2-6-10-19/h1,3-4,7-8,11-14,19,23,25-28,33,36H,2,5-6,9-10,15-17,32H2. The van der Waals surface area contributed by atoms with Crippen molar-refractivity contribution in [2.75, 3.05) is 13.1 Å². The Morgan fingerprint density at radius 3 is 2.59 bits per heavy atom. The Labute approximate surface area is 226 Å². The van der Waals surface area contributed by atoms with Crippen molar-refractivity contribution in [2.45, 2.75) is 68.9 Å². The van der Waals surface area contributed by atoms with Crippen LogP contribution in [0.1, 0.15) is 49.1 Å². The van der Waals surface area contributed by atoms with E-state index in [1.165, 1.54) is 12.1 Å². The molecular weight excluding hydrogens is 499 g/mol. The SMILES string of the molecule is NC(C(=O)N1CC(O)C2C1C(c1c[nH]c3cc(F)ccc13)CN2C(=O)OCc1ccccc1)C1CCCCC1. The molecule has 1 aliphatic carbocycles. The second kappa shape index (κ2) is 10.6. The van der Waals surface area contributed by atoms with Gasteiger partial charge in [-0.3, -0.25) is 9.69 Å². The van der Waals surface area contributed by atoms with Gasteiger partial charge in [0.1, 0.15) is 12.4 Å². The van der Waals surface area contributed by atoms with Crippen LogP contribution in [0.25, 0.3) is 10.9 Å². The highest BCUT2D eigenvalue weighted by Crippen LogP contribution is 2.44. The zero-order valence-corrected chi connectivity index (χ0v) is 21.8. The molecular formula is C30H35FN4O4. The van der Waals surface area contributed by atoms with Gasteiger partial charge in [-0.15, -0.1) is 0 Å². The lowest BCUT2D eigenvalue weighted by Crippen LogP contribution is -2.52. The number of β-amino-alcohol motifs (C(OH)–C–C–N with tert-alkyl or cyclic N) is 1. The molecule has 5 unspecified atom stereocenters. The number of hydrogen-bond acceptors (Lipinski definition) is 5. The molecule has 1 aromatic heterocycles. The van der Waals surface area contributed by atoms with Gasteiger partial charge in [0.15, 0.2) is 0 Å². The van der Waals surface area contributed by atoms with Gasteiger partial charge in [0.2, 0.25) is 5.91 Å². The molecule has 0 radical (unpaired) electrons. The maximum Gasteiger partial charge on any atom is 0.410 e. The minimum absolute atomic E-state index is 0.102. The zero-order valence-electron chi connectivity index (χ0n) is 21.8. The summed E-state index contributed by atoms with van der Waals surface area (Å²) in [5.41, 5.74) is 8.92. The summed E-state index contributed by atoms with van der Waals surface area (Å²) in [7, 11) is 0. The van der Waals surface area contributed by atoms with Gasteiger partial charge in [0.05, 0.1) is 24.2 Å². The number of nitrogens with two attached hydrogens (primary N) is 1. The van der Waals surface area contributed by atoms with Crippen LogP contribution in [-0.4, -0.2) is 69.2 Å². The third kappa shape index (κ3) is 4.78. The molecule has 39 heavy (non-hydrogen) atoms. The van der Waals surface area contributed by atoms with Crippen LogP contribution in [0, 0.1) is 11.7 Å². The number of carbonyl (C=O) groups excluding carboxylic acids is 2. The number of rotatable bonds is 5. The number of aliphatic hydroxyl groups is 1. The number of benzene rings is 2. The normalized spacial score (nSPS) is 26.1. The summed E-state index contributed by atoms with van der Waals surface area (Å²) in [5, 5.41) is 12.1. The number of fused-ring (bicyclic) bond motifs is 2. The molecule has 3 aliphatic rings. The molecule has 2 saturated heterocycles. The van der Waals surface area contributed by atoms with Gasteiger partial charge in [0.25, 0.3) is 0 Å². The molecule has 3 fully saturated rings. The number of ether oxygens (including phenoxy) is 1. The van der Waals surface area contributed by atoms with Crippen molar-refractivity contribution in [3.05, 3.63) is 71.7 Å². The van der Waals surface area contributed by atoms with E-state index in [-0.39, 0.29) is 43.3 Å². The molecule has 3 aromatic rings. The van der Waals surface area contributed by atoms with Crippen LogP contribution in [0.2, 0.25) is 0 Å². The maximum absolute atomic E-state index is 13.9. The lowest BCUT2D eigenvalue weighted by Gasteiger charge is -2.34. The minimum Gasteiger partial charge on any atom is -0.445 e. The topological polar surface area (TPSA) is 112 Å². The highest BCUT2D eigenvalue weighted by molar-refractivity contribution is 5.86. The molecule has 2 amide bonds. The average Bonchev–Trinajstić information content (AvgIpc) is 3.65. The van der Waals surface area contributed by atoms with E-state index in [9.17, 15) is 19.1 Å². The van der Waals surface area contributed by atoms with Crippen molar-refractivity contribution in [3.8, 4) is 0 Å². The quantitative estimate of drug-likeness (QED) is 0.460. The van der Waals surface area contributed by atoms with E-state index >= 15 is 0 Å². The summed E-state index contributed by atoms with van der Waals surface area (Å²) in [6, 6.07) is 12.2. The Hall–Kier alpha value is -3.43. The van der Waals surface area contributed by atoms with Crippen molar-refractivity contribution >= 4 is 22.9 Å². The maximum atomic E-state index is 13.9. The van der Waals surface area contributed by atoms with Crippen LogP contribution < -0.4 is 5.73 Å². The van der Waals surface area contributed by atoms with Crippen molar-refractivity contribution < 1.29 is 23.8 Å². The first-order valence-electron chi connectivity index (χ1n) is 13.9. The lowest BCUT2D eigenvalue weighted by molar-refractivity contribution is -0.135. The molecule has 0 bridgehead atoms.